The Morgan fingerprint density at radius 3 is 2.72 bits per heavy atom. The summed E-state index contributed by atoms with van der Waals surface area (Å²) in [5.41, 5.74) is 1.08. The third kappa shape index (κ3) is 2.47. The van der Waals surface area contributed by atoms with Crippen LogP contribution in [0, 0.1) is 5.82 Å². The van der Waals surface area contributed by atoms with E-state index in [0.717, 1.165) is 11.3 Å². The van der Waals surface area contributed by atoms with Crippen molar-refractivity contribution >= 4 is 11.8 Å². The fraction of sp³-hybridized carbons (Fsp3) is 0.500. The van der Waals surface area contributed by atoms with Gasteiger partial charge in [0, 0.05) is 6.04 Å². The molecule has 0 N–H and O–H groups in total. The molecule has 18 heavy (non-hydrogen) atoms. The summed E-state index contributed by atoms with van der Waals surface area (Å²) in [4.78, 5) is 13.7. The lowest BCUT2D eigenvalue weighted by molar-refractivity contribution is 0.0572. The Balaban J connectivity index is 2.28. The normalized spacial score (nSPS) is 18.7. The maximum atomic E-state index is 13.2. The quantitative estimate of drug-likeness (QED) is 0.706. The van der Waals surface area contributed by atoms with Crippen molar-refractivity contribution in [1.82, 2.24) is 0 Å². The van der Waals surface area contributed by atoms with Gasteiger partial charge in [0.05, 0.1) is 5.69 Å². The third-order valence-electron chi connectivity index (χ3n) is 2.85. The van der Waals surface area contributed by atoms with Gasteiger partial charge in [0.1, 0.15) is 11.4 Å². The topological polar surface area (TPSA) is 29.5 Å². The Morgan fingerprint density at radius 1 is 1.44 bits per heavy atom. The zero-order valence-electron chi connectivity index (χ0n) is 11.2. The molecule has 1 unspecified atom stereocenters. The van der Waals surface area contributed by atoms with Gasteiger partial charge in [0.2, 0.25) is 0 Å². The fourth-order valence-electron chi connectivity index (χ4n) is 2.19. The van der Waals surface area contributed by atoms with E-state index in [-0.39, 0.29) is 18.0 Å². The Bertz CT molecular complexity index is 479. The summed E-state index contributed by atoms with van der Waals surface area (Å²) in [6, 6.07) is 4.49. The summed E-state index contributed by atoms with van der Waals surface area (Å²) in [7, 11) is 0. The van der Waals surface area contributed by atoms with Crippen molar-refractivity contribution < 1.29 is 13.9 Å². The molecule has 1 aromatic carbocycles. The average Bonchev–Trinajstić information content (AvgIpc) is 2.50. The van der Waals surface area contributed by atoms with Crippen molar-refractivity contribution in [2.45, 2.75) is 45.8 Å². The lowest BCUT2D eigenvalue weighted by Crippen LogP contribution is -2.40. The second-order valence-corrected chi connectivity index (χ2v) is 5.68. The highest BCUT2D eigenvalue weighted by molar-refractivity contribution is 5.91. The minimum absolute atomic E-state index is 0.00310. The maximum Gasteiger partial charge on any atom is 0.415 e. The van der Waals surface area contributed by atoms with Crippen LogP contribution in [0.2, 0.25) is 0 Å². The van der Waals surface area contributed by atoms with Crippen LogP contribution in [0.1, 0.15) is 33.3 Å². The number of benzene rings is 1. The molecule has 1 atom stereocenters. The van der Waals surface area contributed by atoms with Crippen molar-refractivity contribution in [3.63, 3.8) is 0 Å². The molecule has 98 valence electrons. The lowest BCUT2D eigenvalue weighted by atomic mass is 10.1. The second-order valence-electron chi connectivity index (χ2n) is 5.68. The number of hydrogen-bond acceptors (Lipinski definition) is 2. The predicted octanol–water partition coefficient (Wildman–Crippen LogP) is 3.51. The third-order valence-corrected chi connectivity index (χ3v) is 2.85. The van der Waals surface area contributed by atoms with Gasteiger partial charge in [-0.15, -0.1) is 0 Å². The monoisotopic (exact) mass is 251 g/mol. The van der Waals surface area contributed by atoms with Gasteiger partial charge in [-0.25, -0.2) is 9.18 Å². The number of halogens is 1. The van der Waals surface area contributed by atoms with Crippen LogP contribution < -0.4 is 4.90 Å². The predicted molar refractivity (Wildman–Crippen MR) is 68.3 cm³/mol. The summed E-state index contributed by atoms with van der Waals surface area (Å²) in [5, 5.41) is 0. The Kier molecular flexibility index (Phi) is 3.05. The first-order chi connectivity index (χ1) is 8.28. The van der Waals surface area contributed by atoms with Gasteiger partial charge in [-0.2, -0.15) is 0 Å². The van der Waals surface area contributed by atoms with E-state index in [9.17, 15) is 9.18 Å². The molecular weight excluding hydrogens is 233 g/mol. The largest absolute Gasteiger partial charge is 0.443 e. The van der Waals surface area contributed by atoms with Gasteiger partial charge in [0.15, 0.2) is 0 Å². The highest BCUT2D eigenvalue weighted by Gasteiger charge is 2.34. The Labute approximate surface area is 107 Å². The summed E-state index contributed by atoms with van der Waals surface area (Å²) in [6.45, 7) is 7.42. The highest BCUT2D eigenvalue weighted by Crippen LogP contribution is 2.33. The molecule has 0 saturated heterocycles. The number of hydrogen-bond donors (Lipinski definition) is 0. The molecule has 1 amide bonds. The molecule has 0 saturated carbocycles. The van der Waals surface area contributed by atoms with E-state index in [1.165, 1.54) is 12.1 Å². The molecule has 1 aliphatic rings. The number of fused-ring (bicyclic) bond motifs is 1. The number of carbonyl (C=O) groups excluding carboxylic acids is 1. The summed E-state index contributed by atoms with van der Waals surface area (Å²) in [5.74, 6) is -0.271. The zero-order chi connectivity index (χ0) is 13.5. The van der Waals surface area contributed by atoms with Crippen LogP contribution in [0.5, 0.6) is 0 Å². The van der Waals surface area contributed by atoms with Crippen LogP contribution in [0.3, 0.4) is 0 Å². The van der Waals surface area contributed by atoms with Gasteiger partial charge >= 0.3 is 6.09 Å². The molecule has 0 aliphatic carbocycles. The summed E-state index contributed by atoms with van der Waals surface area (Å²) < 4.78 is 18.5. The van der Waals surface area contributed by atoms with E-state index in [4.69, 9.17) is 4.74 Å². The van der Waals surface area contributed by atoms with Gasteiger partial charge in [-0.05, 0) is 57.9 Å². The standard InChI is InChI=1S/C14H18FNO2/c1-9-7-10-8-11(15)5-6-12(10)16(9)13(17)18-14(2,3)4/h5-6,8-9H,7H2,1-4H3. The smallest absolute Gasteiger partial charge is 0.415 e. The van der Waals surface area contributed by atoms with Crippen molar-refractivity contribution in [1.29, 1.82) is 0 Å². The zero-order valence-corrected chi connectivity index (χ0v) is 11.2. The van der Waals surface area contributed by atoms with Crippen LogP contribution in [-0.4, -0.2) is 17.7 Å². The van der Waals surface area contributed by atoms with Crippen LogP contribution >= 0.6 is 0 Å². The number of rotatable bonds is 0. The van der Waals surface area contributed by atoms with Crippen molar-refractivity contribution in [3.05, 3.63) is 29.6 Å². The molecule has 0 bridgehead atoms. The highest BCUT2D eigenvalue weighted by atomic mass is 19.1. The molecular formula is C14H18FNO2. The van der Waals surface area contributed by atoms with Crippen molar-refractivity contribution in [2.24, 2.45) is 0 Å². The van der Waals surface area contributed by atoms with Gasteiger partial charge in [0.25, 0.3) is 0 Å². The summed E-state index contributed by atoms with van der Waals surface area (Å²) in [6.07, 6.45) is 0.284. The van der Waals surface area contributed by atoms with E-state index >= 15 is 0 Å². The first kappa shape index (κ1) is 12.9. The van der Waals surface area contributed by atoms with E-state index in [1.807, 2.05) is 27.7 Å². The maximum absolute atomic E-state index is 13.2. The van der Waals surface area contributed by atoms with Gasteiger partial charge in [-0.3, -0.25) is 4.90 Å². The molecule has 0 aromatic heterocycles. The Morgan fingerprint density at radius 2 is 2.11 bits per heavy atom. The van der Waals surface area contributed by atoms with Gasteiger partial charge < -0.3 is 4.74 Å². The minimum atomic E-state index is -0.528. The van der Waals surface area contributed by atoms with Crippen molar-refractivity contribution in [2.75, 3.05) is 4.90 Å². The lowest BCUT2D eigenvalue weighted by Gasteiger charge is -2.27. The van der Waals surface area contributed by atoms with Crippen LogP contribution in [-0.2, 0) is 11.2 Å². The van der Waals surface area contributed by atoms with Crippen LogP contribution in [0.15, 0.2) is 18.2 Å². The molecule has 1 heterocycles. The SMILES string of the molecule is CC1Cc2cc(F)ccc2N1C(=O)OC(C)(C)C. The van der Waals surface area contributed by atoms with Gasteiger partial charge in [-0.1, -0.05) is 0 Å². The second kappa shape index (κ2) is 4.26. The van der Waals surface area contributed by atoms with Crippen LogP contribution in [0.4, 0.5) is 14.9 Å². The van der Waals surface area contributed by atoms with E-state index in [0.29, 0.717) is 6.42 Å². The van der Waals surface area contributed by atoms with E-state index < -0.39 is 5.60 Å². The molecule has 0 radical (unpaired) electrons. The first-order valence-electron chi connectivity index (χ1n) is 6.08. The number of ether oxygens (including phenoxy) is 1. The molecule has 0 spiro atoms. The Hall–Kier alpha value is -1.58. The minimum Gasteiger partial charge on any atom is -0.443 e. The van der Waals surface area contributed by atoms with Crippen LogP contribution in [0.25, 0.3) is 0 Å². The molecule has 1 aliphatic heterocycles. The number of anilines is 1. The fourth-order valence-corrected chi connectivity index (χ4v) is 2.19. The molecule has 3 nitrogen and oxygen atoms in total. The van der Waals surface area contributed by atoms with E-state index in [1.54, 1.807) is 11.0 Å². The molecule has 4 heteroatoms. The number of carbonyl (C=O) groups is 1. The van der Waals surface area contributed by atoms with Crippen molar-refractivity contribution in [3.8, 4) is 0 Å². The van der Waals surface area contributed by atoms with E-state index in [2.05, 4.69) is 0 Å². The number of amides is 1. The number of nitrogens with zero attached hydrogens (tertiary/aromatic N) is 1. The molecule has 0 fully saturated rings. The average molecular weight is 251 g/mol. The first-order valence-corrected chi connectivity index (χ1v) is 6.08. The summed E-state index contributed by atoms with van der Waals surface area (Å²) >= 11 is 0. The molecule has 1 aromatic rings. The molecule has 2 rings (SSSR count).